The molecule has 22 heavy (non-hydrogen) atoms. The van der Waals surface area contributed by atoms with Crippen LogP contribution in [0.3, 0.4) is 0 Å². The second-order valence-electron chi connectivity index (χ2n) is 4.90. The van der Waals surface area contributed by atoms with E-state index in [1.165, 1.54) is 0 Å². The van der Waals surface area contributed by atoms with Gasteiger partial charge < -0.3 is 18.9 Å². The van der Waals surface area contributed by atoms with Crippen LogP contribution < -0.4 is 10.6 Å². The summed E-state index contributed by atoms with van der Waals surface area (Å²) >= 11 is 0. The number of carbonyl (C=O) groups excluding carboxylic acids is 2. The molecule has 2 unspecified atom stereocenters. The van der Waals surface area contributed by atoms with Gasteiger partial charge in [-0.05, 0) is 12.1 Å². The van der Waals surface area contributed by atoms with Crippen LogP contribution in [0.25, 0.3) is 0 Å². The minimum Gasteiger partial charge on any atom is -0.446 e. The Bertz CT molecular complexity index is 507. The van der Waals surface area contributed by atoms with Crippen molar-refractivity contribution < 1.29 is 28.5 Å². The number of rotatable bonds is 6. The van der Waals surface area contributed by atoms with Gasteiger partial charge in [-0.15, -0.1) is 0 Å². The quantitative estimate of drug-likeness (QED) is 0.774. The number of ether oxygens (including phenoxy) is 4. The monoisotopic (exact) mass is 308 g/mol. The molecule has 0 saturated carbocycles. The van der Waals surface area contributed by atoms with Crippen molar-refractivity contribution in [1.29, 1.82) is 0 Å². The minimum absolute atomic E-state index is 0.00117. The smallest absolute Gasteiger partial charge is 0.411 e. The van der Waals surface area contributed by atoms with Crippen LogP contribution in [0, 0.1) is 0 Å². The van der Waals surface area contributed by atoms with E-state index in [9.17, 15) is 9.59 Å². The maximum Gasteiger partial charge on any atom is 0.411 e. The van der Waals surface area contributed by atoms with Crippen molar-refractivity contribution in [2.75, 3.05) is 37.1 Å². The zero-order chi connectivity index (χ0) is 15.4. The standard InChI is InChI=1S/C14H16N2O6/c17-13(21-7-9-5-19-9)15-11-3-1-2-4-12(11)16-14(18)22-8-10-6-20-10/h1-4,9-10H,5-8H2,(H,15,17)(H,16,18). The highest BCUT2D eigenvalue weighted by molar-refractivity contribution is 5.95. The number of para-hydroxylation sites is 2. The molecular formula is C14H16N2O6. The topological polar surface area (TPSA) is 102 Å². The third-order valence-corrected chi connectivity index (χ3v) is 3.01. The van der Waals surface area contributed by atoms with Crippen LogP contribution in [0.1, 0.15) is 0 Å². The lowest BCUT2D eigenvalue weighted by atomic mass is 10.2. The van der Waals surface area contributed by atoms with Crippen LogP contribution >= 0.6 is 0 Å². The van der Waals surface area contributed by atoms with Crippen LogP contribution in [0.15, 0.2) is 24.3 Å². The summed E-state index contributed by atoms with van der Waals surface area (Å²) in [6.45, 7) is 1.65. The van der Waals surface area contributed by atoms with Crippen LogP contribution in [0.5, 0.6) is 0 Å². The Balaban J connectivity index is 1.51. The fourth-order valence-electron chi connectivity index (χ4n) is 1.66. The van der Waals surface area contributed by atoms with Crippen molar-refractivity contribution in [1.82, 2.24) is 0 Å². The molecule has 2 amide bonds. The molecule has 0 spiro atoms. The largest absolute Gasteiger partial charge is 0.446 e. The van der Waals surface area contributed by atoms with E-state index in [-0.39, 0.29) is 25.4 Å². The van der Waals surface area contributed by atoms with E-state index >= 15 is 0 Å². The zero-order valence-corrected chi connectivity index (χ0v) is 11.7. The molecule has 8 heteroatoms. The first-order chi connectivity index (χ1) is 10.7. The summed E-state index contributed by atoms with van der Waals surface area (Å²) in [6, 6.07) is 6.76. The van der Waals surface area contributed by atoms with Crippen molar-refractivity contribution in [2.45, 2.75) is 12.2 Å². The van der Waals surface area contributed by atoms with E-state index in [2.05, 4.69) is 10.6 Å². The summed E-state index contributed by atoms with van der Waals surface area (Å²) in [4.78, 5) is 23.3. The summed E-state index contributed by atoms with van der Waals surface area (Å²) in [5, 5.41) is 5.13. The van der Waals surface area contributed by atoms with Crippen LogP contribution in [0.4, 0.5) is 21.0 Å². The molecule has 2 saturated heterocycles. The summed E-state index contributed by atoms with van der Waals surface area (Å²) in [6.07, 6.45) is -1.22. The van der Waals surface area contributed by atoms with E-state index in [0.717, 1.165) is 0 Å². The number of amides is 2. The molecule has 2 aliphatic heterocycles. The maximum atomic E-state index is 11.7. The Morgan fingerprint density at radius 2 is 1.36 bits per heavy atom. The normalized spacial score (nSPS) is 21.6. The third kappa shape index (κ3) is 4.61. The van der Waals surface area contributed by atoms with E-state index in [1.807, 2.05) is 0 Å². The Morgan fingerprint density at radius 1 is 0.955 bits per heavy atom. The summed E-state index contributed by atoms with van der Waals surface area (Å²) in [5.41, 5.74) is 0.840. The van der Waals surface area contributed by atoms with E-state index in [4.69, 9.17) is 18.9 Å². The van der Waals surface area contributed by atoms with Crippen molar-refractivity contribution >= 4 is 23.6 Å². The number of hydrogen-bond acceptors (Lipinski definition) is 6. The van der Waals surface area contributed by atoms with Gasteiger partial charge in [0.1, 0.15) is 25.4 Å². The highest BCUT2D eigenvalue weighted by Gasteiger charge is 2.25. The summed E-state index contributed by atoms with van der Waals surface area (Å²) in [7, 11) is 0. The molecule has 0 aliphatic carbocycles. The Hall–Kier alpha value is -2.32. The predicted octanol–water partition coefficient (Wildman–Crippen LogP) is 1.58. The highest BCUT2D eigenvalue weighted by Crippen LogP contribution is 2.22. The molecule has 2 atom stereocenters. The molecule has 2 aliphatic rings. The number of benzene rings is 1. The van der Waals surface area contributed by atoms with Gasteiger partial charge in [0.15, 0.2) is 0 Å². The first kappa shape index (κ1) is 14.6. The SMILES string of the molecule is O=C(Nc1ccccc1NC(=O)OCC1CO1)OCC1CO1. The second-order valence-corrected chi connectivity index (χ2v) is 4.90. The summed E-state index contributed by atoms with van der Waals surface area (Å²) < 4.78 is 19.9. The lowest BCUT2D eigenvalue weighted by Gasteiger charge is -2.12. The van der Waals surface area contributed by atoms with Gasteiger partial charge in [-0.3, -0.25) is 10.6 Å². The molecule has 2 heterocycles. The van der Waals surface area contributed by atoms with Crippen molar-refractivity contribution in [3.05, 3.63) is 24.3 Å². The average molecular weight is 308 g/mol. The van der Waals surface area contributed by atoms with Gasteiger partial charge in [-0.25, -0.2) is 9.59 Å². The lowest BCUT2D eigenvalue weighted by Crippen LogP contribution is -2.20. The molecule has 1 aromatic rings. The Kier molecular flexibility index (Phi) is 4.40. The first-order valence-corrected chi connectivity index (χ1v) is 6.90. The van der Waals surface area contributed by atoms with Crippen LogP contribution in [-0.2, 0) is 18.9 Å². The molecule has 8 nitrogen and oxygen atoms in total. The molecule has 2 fully saturated rings. The molecule has 2 N–H and O–H groups in total. The lowest BCUT2D eigenvalue weighted by molar-refractivity contribution is 0.149. The van der Waals surface area contributed by atoms with Gasteiger partial charge in [0.05, 0.1) is 24.6 Å². The fraction of sp³-hybridized carbons (Fsp3) is 0.429. The molecular weight excluding hydrogens is 292 g/mol. The van der Waals surface area contributed by atoms with Gasteiger partial charge in [-0.2, -0.15) is 0 Å². The summed E-state index contributed by atoms with van der Waals surface area (Å²) in [5.74, 6) is 0. The Morgan fingerprint density at radius 3 is 1.73 bits per heavy atom. The molecule has 118 valence electrons. The minimum atomic E-state index is -0.607. The molecule has 0 aromatic heterocycles. The van der Waals surface area contributed by atoms with Gasteiger partial charge in [0, 0.05) is 0 Å². The number of anilines is 2. The van der Waals surface area contributed by atoms with Gasteiger partial charge >= 0.3 is 12.2 Å². The Labute approximate surface area is 126 Å². The van der Waals surface area contributed by atoms with Gasteiger partial charge in [0.2, 0.25) is 0 Å². The zero-order valence-electron chi connectivity index (χ0n) is 11.7. The third-order valence-electron chi connectivity index (χ3n) is 3.01. The fourth-order valence-corrected chi connectivity index (χ4v) is 1.66. The molecule has 0 radical (unpaired) electrons. The van der Waals surface area contributed by atoms with E-state index < -0.39 is 12.2 Å². The van der Waals surface area contributed by atoms with E-state index in [1.54, 1.807) is 24.3 Å². The predicted molar refractivity (Wildman–Crippen MR) is 75.9 cm³/mol. The maximum absolute atomic E-state index is 11.7. The van der Waals surface area contributed by atoms with Crippen molar-refractivity contribution in [3.63, 3.8) is 0 Å². The number of epoxide rings is 2. The molecule has 3 rings (SSSR count). The first-order valence-electron chi connectivity index (χ1n) is 6.90. The number of nitrogens with one attached hydrogen (secondary N) is 2. The van der Waals surface area contributed by atoms with Gasteiger partial charge in [-0.1, -0.05) is 12.1 Å². The number of hydrogen-bond donors (Lipinski definition) is 2. The molecule has 0 bridgehead atoms. The van der Waals surface area contributed by atoms with Crippen LogP contribution in [-0.4, -0.2) is 50.8 Å². The van der Waals surface area contributed by atoms with Gasteiger partial charge in [0.25, 0.3) is 0 Å². The average Bonchev–Trinajstić information content (AvgIpc) is 3.38. The van der Waals surface area contributed by atoms with Crippen LogP contribution in [0.2, 0.25) is 0 Å². The second kappa shape index (κ2) is 6.63. The van der Waals surface area contributed by atoms with Crippen molar-refractivity contribution in [2.24, 2.45) is 0 Å². The number of carbonyl (C=O) groups is 2. The highest BCUT2D eigenvalue weighted by atomic mass is 16.6. The van der Waals surface area contributed by atoms with Crippen molar-refractivity contribution in [3.8, 4) is 0 Å². The van der Waals surface area contributed by atoms with E-state index in [0.29, 0.717) is 24.6 Å². The molecule has 1 aromatic carbocycles.